The average Bonchev–Trinajstić information content (AvgIpc) is 3.52. The van der Waals surface area contributed by atoms with E-state index < -0.39 is 27.8 Å². The molecule has 2 heterocycles. The van der Waals surface area contributed by atoms with Crippen molar-refractivity contribution in [1.82, 2.24) is 8.87 Å². The molecule has 200 valence electrons. The van der Waals surface area contributed by atoms with Crippen LogP contribution < -0.4 is 0 Å². The normalized spacial score (nSPS) is 21.0. The Balaban J connectivity index is 1.42. The molecule has 10 heteroatoms. The van der Waals surface area contributed by atoms with E-state index in [4.69, 9.17) is 4.74 Å². The highest BCUT2D eigenvalue weighted by Crippen LogP contribution is 2.46. The number of carbonyl (C=O) groups is 1. The fraction of sp³-hybridized carbons (Fsp3) is 0.393. The molecule has 0 N–H and O–H groups in total. The van der Waals surface area contributed by atoms with Gasteiger partial charge in [-0.05, 0) is 79.5 Å². The highest BCUT2D eigenvalue weighted by atomic mass is 32.2. The van der Waals surface area contributed by atoms with Crippen molar-refractivity contribution >= 4 is 16.0 Å². The van der Waals surface area contributed by atoms with Crippen LogP contribution in [-0.4, -0.2) is 36.9 Å². The van der Waals surface area contributed by atoms with Gasteiger partial charge in [0.15, 0.2) is 0 Å². The minimum Gasteiger partial charge on any atom is -0.465 e. The number of sulfonamides is 1. The third-order valence-corrected chi connectivity index (χ3v) is 9.91. The molecule has 6 nitrogen and oxygen atoms in total. The Hall–Kier alpha value is -3.11. The summed E-state index contributed by atoms with van der Waals surface area (Å²) in [6, 6.07) is 10.1. The van der Waals surface area contributed by atoms with Crippen LogP contribution in [0.5, 0.6) is 0 Å². The number of rotatable bonds is 4. The first-order valence-corrected chi connectivity index (χ1v) is 14.2. The van der Waals surface area contributed by atoms with Crippen molar-refractivity contribution in [3.05, 3.63) is 82.2 Å². The van der Waals surface area contributed by atoms with Crippen LogP contribution in [0.25, 0.3) is 5.69 Å². The number of halogens is 3. The van der Waals surface area contributed by atoms with E-state index in [1.165, 1.54) is 17.5 Å². The zero-order chi connectivity index (χ0) is 26.8. The van der Waals surface area contributed by atoms with Crippen molar-refractivity contribution in [1.29, 1.82) is 0 Å². The molecule has 1 atom stereocenters. The number of nitrogens with zero attached hydrogens (tertiary/aromatic N) is 2. The van der Waals surface area contributed by atoms with E-state index in [2.05, 4.69) is 0 Å². The van der Waals surface area contributed by atoms with Crippen molar-refractivity contribution in [2.45, 2.75) is 61.6 Å². The molecule has 1 fully saturated rings. The summed E-state index contributed by atoms with van der Waals surface area (Å²) in [6.07, 6.45) is 1.27. The third-order valence-electron chi connectivity index (χ3n) is 7.92. The molecule has 3 aromatic rings. The van der Waals surface area contributed by atoms with Gasteiger partial charge in [-0.15, -0.1) is 0 Å². The molecule has 0 amide bonds. The average molecular weight is 545 g/mol. The number of carbonyl (C=O) groups excluding carboxylic acids is 1. The summed E-state index contributed by atoms with van der Waals surface area (Å²) in [4.78, 5) is 12.2. The van der Waals surface area contributed by atoms with Gasteiger partial charge in [0.1, 0.15) is 0 Å². The van der Waals surface area contributed by atoms with Crippen LogP contribution >= 0.6 is 0 Å². The number of ether oxygens (including phenoxy) is 1. The molecular weight excluding hydrogens is 517 g/mol. The van der Waals surface area contributed by atoms with Gasteiger partial charge in [-0.1, -0.05) is 18.2 Å². The maximum Gasteiger partial charge on any atom is 0.416 e. The number of aryl methyl sites for hydroxylation is 1. The quantitative estimate of drug-likeness (QED) is 0.391. The number of esters is 1. The molecule has 3 aliphatic rings. The van der Waals surface area contributed by atoms with E-state index in [9.17, 15) is 26.4 Å². The van der Waals surface area contributed by atoms with E-state index in [1.54, 1.807) is 6.07 Å². The second-order valence-electron chi connectivity index (χ2n) is 10.2. The molecular formula is C28H27F3N2O4S. The summed E-state index contributed by atoms with van der Waals surface area (Å²) in [5.74, 6) is -0.124. The van der Waals surface area contributed by atoms with Crippen molar-refractivity contribution in [2.24, 2.45) is 0 Å². The number of alkyl halides is 3. The summed E-state index contributed by atoms with van der Waals surface area (Å²) in [5, 5.41) is 0. The van der Waals surface area contributed by atoms with Crippen LogP contribution in [-0.2, 0) is 33.8 Å². The summed E-state index contributed by atoms with van der Waals surface area (Å²) < 4.78 is 76.4. The first-order valence-electron chi connectivity index (χ1n) is 12.7. The van der Waals surface area contributed by atoms with Gasteiger partial charge in [-0.3, -0.25) is 0 Å². The second kappa shape index (κ2) is 8.98. The van der Waals surface area contributed by atoms with Crippen LogP contribution in [0.1, 0.15) is 75.9 Å². The van der Waals surface area contributed by atoms with Gasteiger partial charge in [0, 0.05) is 30.0 Å². The predicted octanol–water partition coefficient (Wildman–Crippen LogP) is 5.78. The lowest BCUT2D eigenvalue weighted by molar-refractivity contribution is -0.137. The molecule has 6 rings (SSSR count). The summed E-state index contributed by atoms with van der Waals surface area (Å²) in [7, 11) is -2.80. The molecule has 1 unspecified atom stereocenters. The maximum atomic E-state index is 13.8. The fourth-order valence-electron chi connectivity index (χ4n) is 6.02. The molecule has 0 radical (unpaired) electrons. The van der Waals surface area contributed by atoms with Crippen LogP contribution in [0.4, 0.5) is 13.2 Å². The lowest BCUT2D eigenvalue weighted by atomic mass is 10.0. The Morgan fingerprint density at radius 3 is 2.55 bits per heavy atom. The van der Waals surface area contributed by atoms with Gasteiger partial charge in [-0.25, -0.2) is 13.2 Å². The van der Waals surface area contributed by atoms with Crippen LogP contribution in [0.2, 0.25) is 0 Å². The Morgan fingerprint density at radius 2 is 1.84 bits per heavy atom. The van der Waals surface area contributed by atoms with Crippen molar-refractivity contribution in [3.8, 4) is 5.69 Å². The van der Waals surface area contributed by atoms with E-state index >= 15 is 0 Å². The van der Waals surface area contributed by atoms with Gasteiger partial charge in [-0.2, -0.15) is 17.5 Å². The standard InChI is InChI=1S/C28H27F3N2O4S/c1-37-27(34)22-13-15-32(26(22)18-7-8-18)23-6-2-5-20-21(23)11-12-24(20)33-14-3-4-17-9-10-19(28(29,30)31)16-25(17)38(33,35)36/h2,5-6,9-10,13,15-16,18,24H,3-4,7-8,11-12,14H2,1H3. The van der Waals surface area contributed by atoms with Crippen LogP contribution in [0.3, 0.4) is 0 Å². The third kappa shape index (κ3) is 4.05. The smallest absolute Gasteiger partial charge is 0.416 e. The largest absolute Gasteiger partial charge is 0.465 e. The van der Waals surface area contributed by atoms with Gasteiger partial charge in [0.05, 0.1) is 29.2 Å². The summed E-state index contributed by atoms with van der Waals surface area (Å²) in [6.45, 7) is 0.232. The van der Waals surface area contributed by atoms with Gasteiger partial charge < -0.3 is 9.30 Å². The molecule has 38 heavy (non-hydrogen) atoms. The van der Waals surface area contributed by atoms with Crippen LogP contribution in [0, 0.1) is 0 Å². The van der Waals surface area contributed by atoms with E-state index in [0.29, 0.717) is 36.8 Å². The van der Waals surface area contributed by atoms with E-state index in [1.807, 2.05) is 29.0 Å². The second-order valence-corrected chi connectivity index (χ2v) is 12.0. The summed E-state index contributed by atoms with van der Waals surface area (Å²) >= 11 is 0. The highest BCUT2D eigenvalue weighted by molar-refractivity contribution is 7.89. The number of aromatic nitrogens is 1. The fourth-order valence-corrected chi connectivity index (χ4v) is 7.97. The van der Waals surface area contributed by atoms with Crippen molar-refractivity contribution in [2.75, 3.05) is 13.7 Å². The Morgan fingerprint density at radius 1 is 1.05 bits per heavy atom. The lowest BCUT2D eigenvalue weighted by Crippen LogP contribution is -2.34. The minimum atomic E-state index is -4.63. The molecule has 1 aromatic heterocycles. The maximum absolute atomic E-state index is 13.8. The number of hydrogen-bond acceptors (Lipinski definition) is 4. The van der Waals surface area contributed by atoms with Gasteiger partial charge in [0.2, 0.25) is 10.0 Å². The highest BCUT2D eigenvalue weighted by Gasteiger charge is 2.41. The lowest BCUT2D eigenvalue weighted by Gasteiger charge is -2.28. The van der Waals surface area contributed by atoms with Crippen LogP contribution in [0.15, 0.2) is 53.6 Å². The van der Waals surface area contributed by atoms with E-state index in [0.717, 1.165) is 47.5 Å². The van der Waals surface area contributed by atoms with Crippen molar-refractivity contribution < 1.29 is 31.1 Å². The number of methoxy groups -OCH3 is 1. The molecule has 0 saturated heterocycles. The molecule has 1 saturated carbocycles. The molecule has 0 spiro atoms. The predicted molar refractivity (Wildman–Crippen MR) is 134 cm³/mol. The number of benzene rings is 2. The minimum absolute atomic E-state index is 0.232. The first kappa shape index (κ1) is 25.2. The topological polar surface area (TPSA) is 68.6 Å². The zero-order valence-corrected chi connectivity index (χ0v) is 21.6. The monoisotopic (exact) mass is 544 g/mol. The van der Waals surface area contributed by atoms with Gasteiger partial charge >= 0.3 is 12.1 Å². The number of fused-ring (bicyclic) bond motifs is 2. The van der Waals surface area contributed by atoms with E-state index in [-0.39, 0.29) is 23.3 Å². The number of hydrogen-bond donors (Lipinski definition) is 0. The zero-order valence-electron chi connectivity index (χ0n) is 20.8. The molecule has 1 aliphatic heterocycles. The van der Waals surface area contributed by atoms with Gasteiger partial charge in [0.25, 0.3) is 0 Å². The molecule has 2 aromatic carbocycles. The Kier molecular flexibility index (Phi) is 5.95. The molecule has 0 bridgehead atoms. The van der Waals surface area contributed by atoms with Crippen molar-refractivity contribution in [3.63, 3.8) is 0 Å². The molecule has 2 aliphatic carbocycles. The SMILES string of the molecule is COC(=O)c1ccn(-c2cccc3c2CCC3N2CCCc3ccc(C(F)(F)F)cc3S2(=O)=O)c1C1CC1. The Labute approximate surface area is 219 Å². The first-order chi connectivity index (χ1) is 18.1. The summed E-state index contributed by atoms with van der Waals surface area (Å²) in [5.41, 5.74) is 3.65. The Bertz CT molecular complexity index is 1540.